The van der Waals surface area contributed by atoms with Crippen molar-refractivity contribution in [1.29, 1.82) is 0 Å². The minimum atomic E-state index is -0.315. The number of fused-ring (bicyclic) bond motifs is 1. The van der Waals surface area contributed by atoms with Gasteiger partial charge in [-0.15, -0.1) is 0 Å². The fourth-order valence-electron chi connectivity index (χ4n) is 4.08. The lowest BCUT2D eigenvalue weighted by atomic mass is 10.1. The van der Waals surface area contributed by atoms with Crippen LogP contribution in [0, 0.1) is 12.7 Å². The normalized spacial score (nSPS) is 16.6. The van der Waals surface area contributed by atoms with Crippen LogP contribution in [0.25, 0.3) is 22.3 Å². The van der Waals surface area contributed by atoms with Crippen LogP contribution in [0.4, 0.5) is 4.39 Å². The lowest BCUT2D eigenvalue weighted by Gasteiger charge is -2.22. The monoisotopic (exact) mass is 389 g/mol. The molecule has 2 N–H and O–H groups in total. The van der Waals surface area contributed by atoms with E-state index in [0.29, 0.717) is 29.4 Å². The van der Waals surface area contributed by atoms with Gasteiger partial charge in [0, 0.05) is 23.0 Å². The van der Waals surface area contributed by atoms with Crippen molar-refractivity contribution in [2.24, 2.45) is 0 Å². The molecular weight excluding hydrogens is 369 g/mol. The van der Waals surface area contributed by atoms with Crippen molar-refractivity contribution >= 4 is 16.8 Å². The molecule has 0 radical (unpaired) electrons. The Hall–Kier alpha value is -3.48. The van der Waals surface area contributed by atoms with Crippen LogP contribution in [-0.2, 0) is 0 Å². The third-order valence-electron chi connectivity index (χ3n) is 5.50. The Balaban J connectivity index is 1.44. The van der Waals surface area contributed by atoms with E-state index < -0.39 is 0 Å². The second-order valence-corrected chi connectivity index (χ2v) is 7.43. The highest BCUT2D eigenvalue weighted by molar-refractivity contribution is 5.99. The SMILES string of the molecule is Cc1cc(F)cc2[nH]c(C(=O)N3CCCC3c3nc(-c4ccccc4)n[nH]3)cc12. The lowest BCUT2D eigenvalue weighted by molar-refractivity contribution is 0.0725. The highest BCUT2D eigenvalue weighted by atomic mass is 19.1. The van der Waals surface area contributed by atoms with Crippen LogP contribution in [0.5, 0.6) is 0 Å². The number of aromatic amines is 2. The Morgan fingerprint density at radius 2 is 2.03 bits per heavy atom. The van der Waals surface area contributed by atoms with Crippen LogP contribution >= 0.6 is 0 Å². The number of aryl methyl sites for hydroxylation is 1. The molecule has 146 valence electrons. The van der Waals surface area contributed by atoms with Gasteiger partial charge in [0.25, 0.3) is 5.91 Å². The highest BCUT2D eigenvalue weighted by Gasteiger charge is 2.33. The van der Waals surface area contributed by atoms with Crippen molar-refractivity contribution < 1.29 is 9.18 Å². The van der Waals surface area contributed by atoms with E-state index >= 15 is 0 Å². The third-order valence-corrected chi connectivity index (χ3v) is 5.50. The first kappa shape index (κ1) is 17.6. The molecule has 5 rings (SSSR count). The van der Waals surface area contributed by atoms with Crippen LogP contribution in [0.15, 0.2) is 48.5 Å². The molecule has 1 amide bonds. The molecule has 2 aromatic carbocycles. The van der Waals surface area contributed by atoms with E-state index in [4.69, 9.17) is 0 Å². The van der Waals surface area contributed by atoms with Gasteiger partial charge in [-0.05, 0) is 43.5 Å². The number of halogens is 1. The highest BCUT2D eigenvalue weighted by Crippen LogP contribution is 2.33. The molecule has 0 spiro atoms. The van der Waals surface area contributed by atoms with Gasteiger partial charge in [0.2, 0.25) is 0 Å². The summed E-state index contributed by atoms with van der Waals surface area (Å²) in [6.07, 6.45) is 1.72. The van der Waals surface area contributed by atoms with Crippen molar-refractivity contribution in [3.63, 3.8) is 0 Å². The topological polar surface area (TPSA) is 77.7 Å². The smallest absolute Gasteiger partial charge is 0.270 e. The molecule has 6 nitrogen and oxygen atoms in total. The van der Waals surface area contributed by atoms with Crippen molar-refractivity contribution in [2.75, 3.05) is 6.54 Å². The van der Waals surface area contributed by atoms with E-state index in [1.807, 2.05) is 42.2 Å². The number of carbonyl (C=O) groups excluding carboxylic acids is 1. The molecular formula is C22H20FN5O. The maximum Gasteiger partial charge on any atom is 0.270 e. The van der Waals surface area contributed by atoms with Gasteiger partial charge in [-0.1, -0.05) is 30.3 Å². The van der Waals surface area contributed by atoms with Crippen molar-refractivity contribution in [1.82, 2.24) is 25.1 Å². The maximum absolute atomic E-state index is 13.7. The van der Waals surface area contributed by atoms with E-state index in [0.717, 1.165) is 29.4 Å². The van der Waals surface area contributed by atoms with Crippen molar-refractivity contribution in [3.8, 4) is 11.4 Å². The predicted molar refractivity (Wildman–Crippen MR) is 108 cm³/mol. The number of hydrogen-bond acceptors (Lipinski definition) is 3. The third kappa shape index (κ3) is 3.08. The van der Waals surface area contributed by atoms with Gasteiger partial charge in [-0.3, -0.25) is 9.89 Å². The summed E-state index contributed by atoms with van der Waals surface area (Å²) in [6, 6.07) is 14.3. The van der Waals surface area contributed by atoms with Gasteiger partial charge in [-0.2, -0.15) is 5.10 Å². The second kappa shape index (κ2) is 6.84. The average molecular weight is 389 g/mol. The molecule has 3 heterocycles. The summed E-state index contributed by atoms with van der Waals surface area (Å²) >= 11 is 0. The Kier molecular flexibility index (Phi) is 4.16. The largest absolute Gasteiger partial charge is 0.350 e. The number of amides is 1. The van der Waals surface area contributed by atoms with Gasteiger partial charge in [0.05, 0.1) is 6.04 Å². The fraction of sp³-hybridized carbons (Fsp3) is 0.227. The van der Waals surface area contributed by atoms with Crippen LogP contribution in [0.2, 0.25) is 0 Å². The first-order valence-electron chi connectivity index (χ1n) is 9.68. The van der Waals surface area contributed by atoms with Crippen molar-refractivity contribution in [3.05, 3.63) is 71.4 Å². The molecule has 1 atom stereocenters. The van der Waals surface area contributed by atoms with E-state index in [1.165, 1.54) is 12.1 Å². The van der Waals surface area contributed by atoms with Crippen LogP contribution < -0.4 is 0 Å². The maximum atomic E-state index is 13.7. The summed E-state index contributed by atoms with van der Waals surface area (Å²) in [6.45, 7) is 2.49. The Morgan fingerprint density at radius 3 is 2.86 bits per heavy atom. The molecule has 0 aliphatic carbocycles. The summed E-state index contributed by atoms with van der Waals surface area (Å²) in [7, 11) is 0. The minimum Gasteiger partial charge on any atom is -0.350 e. The number of nitrogens with zero attached hydrogens (tertiary/aromatic N) is 3. The van der Waals surface area contributed by atoms with E-state index in [1.54, 1.807) is 6.07 Å². The molecule has 0 saturated carbocycles. The van der Waals surface area contributed by atoms with Gasteiger partial charge in [-0.25, -0.2) is 9.37 Å². The summed E-state index contributed by atoms with van der Waals surface area (Å²) in [5.74, 6) is 0.885. The number of hydrogen-bond donors (Lipinski definition) is 2. The van der Waals surface area contributed by atoms with Crippen LogP contribution in [-0.4, -0.2) is 37.5 Å². The molecule has 2 aromatic heterocycles. The number of carbonyl (C=O) groups is 1. The zero-order valence-electron chi connectivity index (χ0n) is 15.9. The summed E-state index contributed by atoms with van der Waals surface area (Å²) < 4.78 is 13.7. The number of benzene rings is 2. The van der Waals surface area contributed by atoms with Crippen molar-refractivity contribution in [2.45, 2.75) is 25.8 Å². The number of likely N-dealkylation sites (tertiary alicyclic amines) is 1. The van der Waals surface area contributed by atoms with E-state index in [-0.39, 0.29) is 17.8 Å². The molecule has 0 bridgehead atoms. The van der Waals surface area contributed by atoms with Gasteiger partial charge >= 0.3 is 0 Å². The molecule has 1 fully saturated rings. The first-order valence-corrected chi connectivity index (χ1v) is 9.68. The minimum absolute atomic E-state index is 0.110. The van der Waals surface area contributed by atoms with Crippen LogP contribution in [0.3, 0.4) is 0 Å². The quantitative estimate of drug-likeness (QED) is 0.546. The van der Waals surface area contributed by atoms with Gasteiger partial charge < -0.3 is 9.88 Å². The van der Waals surface area contributed by atoms with Crippen LogP contribution in [0.1, 0.15) is 40.8 Å². The van der Waals surface area contributed by atoms with E-state index in [9.17, 15) is 9.18 Å². The number of nitrogens with one attached hydrogen (secondary N) is 2. The molecule has 29 heavy (non-hydrogen) atoms. The summed E-state index contributed by atoms with van der Waals surface area (Å²) in [5.41, 5.74) is 2.83. The summed E-state index contributed by atoms with van der Waals surface area (Å²) in [5, 5.41) is 8.20. The molecule has 1 saturated heterocycles. The number of aromatic nitrogens is 4. The Labute approximate surface area is 166 Å². The molecule has 1 aliphatic heterocycles. The second-order valence-electron chi connectivity index (χ2n) is 7.43. The Bertz CT molecular complexity index is 1200. The zero-order valence-corrected chi connectivity index (χ0v) is 15.9. The number of H-pyrrole nitrogens is 2. The Morgan fingerprint density at radius 1 is 1.21 bits per heavy atom. The first-order chi connectivity index (χ1) is 14.1. The average Bonchev–Trinajstić information content (AvgIpc) is 3.46. The molecule has 1 aliphatic rings. The molecule has 4 aromatic rings. The molecule has 7 heteroatoms. The standard InChI is InChI=1S/C22H20FN5O/c1-13-10-15(23)11-17-16(13)12-18(24-17)22(29)28-9-5-8-19(28)21-25-20(26-27-21)14-6-3-2-4-7-14/h2-4,6-7,10-12,19,24H,5,8-9H2,1H3,(H,25,26,27). The van der Waals surface area contributed by atoms with Gasteiger partial charge in [0.1, 0.15) is 17.3 Å². The lowest BCUT2D eigenvalue weighted by Crippen LogP contribution is -2.31. The molecule has 1 unspecified atom stereocenters. The predicted octanol–water partition coefficient (Wildman–Crippen LogP) is 4.38. The summed E-state index contributed by atoms with van der Waals surface area (Å²) in [4.78, 5) is 22.7. The van der Waals surface area contributed by atoms with E-state index in [2.05, 4.69) is 20.2 Å². The fourth-order valence-corrected chi connectivity index (χ4v) is 4.08. The zero-order chi connectivity index (χ0) is 20.0. The number of rotatable bonds is 3. The van der Waals surface area contributed by atoms with Gasteiger partial charge in [0.15, 0.2) is 5.82 Å².